The number of hydrogen-bond donors (Lipinski definition) is 1. The molecule has 0 aliphatic rings. The van der Waals surface area contributed by atoms with E-state index in [2.05, 4.69) is 15.4 Å². The Morgan fingerprint density at radius 1 is 1.09 bits per heavy atom. The lowest BCUT2D eigenvalue weighted by Gasteiger charge is -2.10. The number of aryl methyl sites for hydroxylation is 1. The van der Waals surface area contributed by atoms with Crippen LogP contribution in [0.5, 0.6) is 11.5 Å². The fourth-order valence-corrected chi connectivity index (χ4v) is 4.37. The first kappa shape index (κ1) is 22.9. The maximum Gasteiger partial charge on any atom is 0.230 e. The van der Waals surface area contributed by atoms with Crippen LogP contribution < -0.4 is 14.8 Å². The van der Waals surface area contributed by atoms with Crippen molar-refractivity contribution in [3.8, 4) is 22.6 Å². The summed E-state index contributed by atoms with van der Waals surface area (Å²) < 4.78 is 12.5. The second kappa shape index (κ2) is 10.1. The van der Waals surface area contributed by atoms with E-state index >= 15 is 0 Å². The summed E-state index contributed by atoms with van der Waals surface area (Å²) in [4.78, 5) is 17.1. The largest absolute Gasteiger partial charge is 0.493 e. The molecule has 0 saturated heterocycles. The van der Waals surface area contributed by atoms with Crippen molar-refractivity contribution in [2.45, 2.75) is 18.5 Å². The van der Waals surface area contributed by atoms with Gasteiger partial charge < -0.3 is 14.8 Å². The molecule has 7 nitrogen and oxygen atoms in total. The zero-order chi connectivity index (χ0) is 23.4. The highest BCUT2D eigenvalue weighted by Crippen LogP contribution is 2.34. The molecule has 0 aliphatic carbocycles. The van der Waals surface area contributed by atoms with Crippen LogP contribution in [-0.4, -0.2) is 40.5 Å². The Balaban J connectivity index is 1.51. The molecule has 0 unspecified atom stereocenters. The molecule has 4 rings (SSSR count). The molecule has 9 heteroatoms. The summed E-state index contributed by atoms with van der Waals surface area (Å²) in [6, 6.07) is 15.0. The molecule has 4 aromatic rings. The molecule has 2 aromatic carbocycles. The molecular formula is C24H23ClN4O3S. The van der Waals surface area contributed by atoms with Gasteiger partial charge in [-0.15, -0.1) is 0 Å². The van der Waals surface area contributed by atoms with E-state index in [1.807, 2.05) is 55.5 Å². The number of nitrogens with one attached hydrogen (secondary N) is 1. The van der Waals surface area contributed by atoms with E-state index in [-0.39, 0.29) is 11.7 Å². The van der Waals surface area contributed by atoms with Gasteiger partial charge in [-0.1, -0.05) is 41.6 Å². The van der Waals surface area contributed by atoms with Crippen LogP contribution in [0.4, 0.5) is 0 Å². The number of carbonyl (C=O) groups excluding carboxylic acids is 1. The minimum atomic E-state index is -0.0650. The Kier molecular flexibility index (Phi) is 7.05. The number of thioether (sulfide) groups is 1. The molecule has 2 heterocycles. The van der Waals surface area contributed by atoms with Gasteiger partial charge in [0.2, 0.25) is 5.91 Å². The highest BCUT2D eigenvalue weighted by molar-refractivity contribution is 7.99. The SMILES string of the molecule is COc1ccc(-c2cnn3c(SCC(=O)NCc4ccc(Cl)cc4)cc(C)nc23)cc1OC. The van der Waals surface area contributed by atoms with Crippen molar-refractivity contribution in [1.29, 1.82) is 0 Å². The first-order valence-electron chi connectivity index (χ1n) is 10.2. The second-order valence-electron chi connectivity index (χ2n) is 7.29. The number of rotatable bonds is 8. The Labute approximate surface area is 201 Å². The molecule has 0 bridgehead atoms. The van der Waals surface area contributed by atoms with Gasteiger partial charge in [0.15, 0.2) is 17.1 Å². The van der Waals surface area contributed by atoms with E-state index in [0.29, 0.717) is 28.7 Å². The molecule has 33 heavy (non-hydrogen) atoms. The number of benzene rings is 2. The zero-order valence-corrected chi connectivity index (χ0v) is 20.0. The van der Waals surface area contributed by atoms with Crippen molar-refractivity contribution in [3.63, 3.8) is 0 Å². The van der Waals surface area contributed by atoms with Crippen LogP contribution in [0.25, 0.3) is 16.8 Å². The van der Waals surface area contributed by atoms with Crippen LogP contribution in [0.1, 0.15) is 11.3 Å². The topological polar surface area (TPSA) is 77.8 Å². The lowest BCUT2D eigenvalue weighted by Crippen LogP contribution is -2.24. The summed E-state index contributed by atoms with van der Waals surface area (Å²) in [6.07, 6.45) is 1.77. The monoisotopic (exact) mass is 482 g/mol. The number of halogens is 1. The summed E-state index contributed by atoms with van der Waals surface area (Å²) in [5.74, 6) is 1.49. The fourth-order valence-electron chi connectivity index (χ4n) is 3.35. The number of carbonyl (C=O) groups is 1. The number of aromatic nitrogens is 3. The third-order valence-electron chi connectivity index (χ3n) is 5.02. The first-order chi connectivity index (χ1) is 16.0. The molecular weight excluding hydrogens is 460 g/mol. The summed E-state index contributed by atoms with van der Waals surface area (Å²) in [5, 5.41) is 8.97. The molecule has 0 saturated carbocycles. The Morgan fingerprint density at radius 2 is 1.85 bits per heavy atom. The van der Waals surface area contributed by atoms with Gasteiger partial charge in [-0.05, 0) is 48.4 Å². The number of nitrogens with zero attached hydrogens (tertiary/aromatic N) is 3. The van der Waals surface area contributed by atoms with E-state index < -0.39 is 0 Å². The third kappa shape index (κ3) is 5.23. The number of amides is 1. The van der Waals surface area contributed by atoms with Crippen LogP contribution in [0.15, 0.2) is 59.8 Å². The lowest BCUT2D eigenvalue weighted by atomic mass is 10.1. The predicted octanol–water partition coefficient (Wildman–Crippen LogP) is 4.78. The Bertz CT molecular complexity index is 1290. The van der Waals surface area contributed by atoms with E-state index in [9.17, 15) is 4.79 Å². The first-order valence-corrected chi connectivity index (χ1v) is 11.6. The van der Waals surface area contributed by atoms with Crippen LogP contribution in [-0.2, 0) is 11.3 Å². The molecule has 1 amide bonds. The van der Waals surface area contributed by atoms with E-state index in [1.54, 1.807) is 24.9 Å². The number of hydrogen-bond acceptors (Lipinski definition) is 6. The van der Waals surface area contributed by atoms with Crippen LogP contribution in [0.2, 0.25) is 5.02 Å². The van der Waals surface area contributed by atoms with Crippen molar-refractivity contribution in [2.24, 2.45) is 0 Å². The van der Waals surface area contributed by atoms with Crippen molar-refractivity contribution in [2.75, 3.05) is 20.0 Å². The molecule has 0 atom stereocenters. The van der Waals surface area contributed by atoms with E-state index in [0.717, 1.165) is 27.4 Å². The minimum absolute atomic E-state index is 0.0650. The normalized spacial score (nSPS) is 10.9. The average Bonchev–Trinajstić information content (AvgIpc) is 3.25. The molecule has 2 aromatic heterocycles. The second-order valence-corrected chi connectivity index (χ2v) is 8.72. The van der Waals surface area contributed by atoms with Crippen LogP contribution in [0.3, 0.4) is 0 Å². The standard InChI is InChI=1S/C24H23ClN4O3S/c1-15-10-23(33-14-22(30)26-12-16-4-7-18(25)8-5-16)29-24(28-15)19(13-27-29)17-6-9-20(31-2)21(11-17)32-3/h4-11,13H,12,14H2,1-3H3,(H,26,30). The summed E-state index contributed by atoms with van der Waals surface area (Å²) >= 11 is 7.32. The van der Waals surface area contributed by atoms with Crippen LogP contribution >= 0.6 is 23.4 Å². The highest BCUT2D eigenvalue weighted by Gasteiger charge is 2.15. The van der Waals surface area contributed by atoms with E-state index in [4.69, 9.17) is 21.1 Å². The number of methoxy groups -OCH3 is 2. The maximum atomic E-state index is 12.4. The summed E-state index contributed by atoms with van der Waals surface area (Å²) in [6.45, 7) is 2.38. The number of ether oxygens (including phenoxy) is 2. The van der Waals surface area contributed by atoms with Crippen molar-refractivity contribution in [3.05, 3.63) is 71.0 Å². The lowest BCUT2D eigenvalue weighted by molar-refractivity contribution is -0.118. The van der Waals surface area contributed by atoms with Gasteiger partial charge in [0.1, 0.15) is 5.03 Å². The van der Waals surface area contributed by atoms with Gasteiger partial charge >= 0.3 is 0 Å². The quantitative estimate of drug-likeness (QED) is 0.287. The van der Waals surface area contributed by atoms with Gasteiger partial charge in [-0.25, -0.2) is 9.50 Å². The molecule has 0 aliphatic heterocycles. The van der Waals surface area contributed by atoms with Gasteiger partial charge in [0.25, 0.3) is 0 Å². The Hall–Kier alpha value is -3.23. The molecule has 1 N–H and O–H groups in total. The maximum absolute atomic E-state index is 12.4. The Morgan fingerprint density at radius 3 is 2.58 bits per heavy atom. The van der Waals surface area contributed by atoms with E-state index in [1.165, 1.54) is 11.8 Å². The number of fused-ring (bicyclic) bond motifs is 1. The van der Waals surface area contributed by atoms with Gasteiger partial charge in [0.05, 0.1) is 26.2 Å². The zero-order valence-electron chi connectivity index (χ0n) is 18.5. The fraction of sp³-hybridized carbons (Fsp3) is 0.208. The van der Waals surface area contributed by atoms with Crippen molar-refractivity contribution < 1.29 is 14.3 Å². The minimum Gasteiger partial charge on any atom is -0.493 e. The molecule has 0 spiro atoms. The highest BCUT2D eigenvalue weighted by atomic mass is 35.5. The van der Waals surface area contributed by atoms with Gasteiger partial charge in [0, 0.05) is 22.8 Å². The summed E-state index contributed by atoms with van der Waals surface area (Å²) in [7, 11) is 3.21. The van der Waals surface area contributed by atoms with Gasteiger partial charge in [-0.3, -0.25) is 4.79 Å². The summed E-state index contributed by atoms with van der Waals surface area (Å²) in [5.41, 5.74) is 4.33. The average molecular weight is 483 g/mol. The molecule has 0 fully saturated rings. The predicted molar refractivity (Wildman–Crippen MR) is 130 cm³/mol. The smallest absolute Gasteiger partial charge is 0.230 e. The van der Waals surface area contributed by atoms with Crippen molar-refractivity contribution >= 4 is 34.9 Å². The third-order valence-corrected chi connectivity index (χ3v) is 6.26. The molecule has 170 valence electrons. The van der Waals surface area contributed by atoms with Crippen LogP contribution in [0, 0.1) is 6.92 Å². The molecule has 0 radical (unpaired) electrons. The van der Waals surface area contributed by atoms with Gasteiger partial charge in [-0.2, -0.15) is 5.10 Å². The van der Waals surface area contributed by atoms with Crippen molar-refractivity contribution in [1.82, 2.24) is 19.9 Å².